The number of halogens is 1. The van der Waals surface area contributed by atoms with E-state index in [4.69, 9.17) is 0 Å². The summed E-state index contributed by atoms with van der Waals surface area (Å²) in [6, 6.07) is 8.73. The zero-order valence-corrected chi connectivity index (χ0v) is 13.6. The summed E-state index contributed by atoms with van der Waals surface area (Å²) in [6.07, 6.45) is 1.24. The second kappa shape index (κ2) is 7.96. The Morgan fingerprint density at radius 2 is 1.78 bits per heavy atom. The van der Waals surface area contributed by atoms with Crippen LogP contribution in [0.15, 0.2) is 28.7 Å². The van der Waals surface area contributed by atoms with Gasteiger partial charge in [-0.25, -0.2) is 0 Å². The third-order valence-electron chi connectivity index (χ3n) is 3.02. The third kappa shape index (κ3) is 6.01. The number of rotatable bonds is 7. The van der Waals surface area contributed by atoms with Gasteiger partial charge < -0.3 is 5.32 Å². The van der Waals surface area contributed by atoms with Crippen molar-refractivity contribution in [2.45, 2.75) is 40.0 Å². The molecule has 102 valence electrons. The van der Waals surface area contributed by atoms with E-state index in [0.717, 1.165) is 19.0 Å². The second-order valence-electron chi connectivity index (χ2n) is 5.93. The smallest absolute Gasteiger partial charge is 0.0178 e. The minimum atomic E-state index is 0.612. The zero-order chi connectivity index (χ0) is 13.5. The molecule has 2 heteroatoms. The first-order valence-corrected chi connectivity index (χ1v) is 7.74. The van der Waals surface area contributed by atoms with Gasteiger partial charge in [0.15, 0.2) is 0 Å². The number of benzene rings is 1. The van der Waals surface area contributed by atoms with Crippen LogP contribution in [0, 0.1) is 11.8 Å². The molecule has 1 rings (SSSR count). The van der Waals surface area contributed by atoms with Crippen LogP contribution in [0.3, 0.4) is 0 Å². The van der Waals surface area contributed by atoms with E-state index in [0.29, 0.717) is 11.8 Å². The quantitative estimate of drug-likeness (QED) is 0.761. The van der Waals surface area contributed by atoms with Gasteiger partial charge >= 0.3 is 0 Å². The van der Waals surface area contributed by atoms with Crippen LogP contribution in [-0.2, 0) is 0 Å². The molecule has 1 aromatic rings. The topological polar surface area (TPSA) is 12.0 Å². The van der Waals surface area contributed by atoms with E-state index in [1.807, 2.05) is 0 Å². The molecule has 0 aromatic heterocycles. The lowest BCUT2D eigenvalue weighted by Gasteiger charge is -2.21. The Balaban J connectivity index is 2.65. The van der Waals surface area contributed by atoms with E-state index >= 15 is 0 Å². The second-order valence-corrected chi connectivity index (χ2v) is 6.85. The maximum Gasteiger partial charge on any atom is 0.0178 e. The molecule has 0 bridgehead atoms. The van der Waals surface area contributed by atoms with Crippen molar-refractivity contribution in [1.29, 1.82) is 0 Å². The van der Waals surface area contributed by atoms with Crippen molar-refractivity contribution >= 4 is 15.9 Å². The van der Waals surface area contributed by atoms with Gasteiger partial charge in [0, 0.05) is 11.0 Å². The van der Waals surface area contributed by atoms with Crippen LogP contribution in [0.5, 0.6) is 0 Å². The molecular weight excluding hydrogens is 286 g/mol. The number of hydrogen-bond acceptors (Lipinski definition) is 1. The Hall–Kier alpha value is -0.340. The summed E-state index contributed by atoms with van der Waals surface area (Å²) >= 11 is 3.57. The van der Waals surface area contributed by atoms with Crippen LogP contribution in [0.2, 0.25) is 0 Å². The average molecular weight is 312 g/mol. The molecule has 1 nitrogen and oxygen atoms in total. The predicted molar refractivity (Wildman–Crippen MR) is 84.0 cm³/mol. The van der Waals surface area contributed by atoms with Crippen LogP contribution >= 0.6 is 15.9 Å². The molecule has 0 amide bonds. The van der Waals surface area contributed by atoms with Gasteiger partial charge in [0.05, 0.1) is 0 Å². The van der Waals surface area contributed by atoms with Gasteiger partial charge in [-0.2, -0.15) is 0 Å². The number of nitrogens with one attached hydrogen (secondary N) is 1. The highest BCUT2D eigenvalue weighted by molar-refractivity contribution is 9.10. The van der Waals surface area contributed by atoms with E-state index in [1.54, 1.807) is 0 Å². The van der Waals surface area contributed by atoms with Crippen molar-refractivity contribution in [1.82, 2.24) is 5.32 Å². The maximum atomic E-state index is 3.59. The molecule has 1 aromatic carbocycles. The molecule has 0 spiro atoms. The molecular formula is C16H26BrN. The van der Waals surface area contributed by atoms with Crippen LogP contribution < -0.4 is 5.32 Å². The fourth-order valence-corrected chi connectivity index (χ4v) is 2.63. The fraction of sp³-hybridized carbons (Fsp3) is 0.625. The van der Waals surface area contributed by atoms with Crippen LogP contribution in [0.1, 0.15) is 45.6 Å². The van der Waals surface area contributed by atoms with E-state index in [2.05, 4.69) is 73.2 Å². The normalized spacial score (nSPS) is 13.3. The molecule has 0 radical (unpaired) electrons. The highest BCUT2D eigenvalue weighted by atomic mass is 79.9. The van der Waals surface area contributed by atoms with Gasteiger partial charge in [0.2, 0.25) is 0 Å². The lowest BCUT2D eigenvalue weighted by Crippen LogP contribution is -2.26. The first-order chi connectivity index (χ1) is 8.49. The molecule has 0 aliphatic carbocycles. The van der Waals surface area contributed by atoms with Gasteiger partial charge in [-0.15, -0.1) is 0 Å². The van der Waals surface area contributed by atoms with Crippen LogP contribution in [0.25, 0.3) is 0 Å². The van der Waals surface area contributed by atoms with Crippen molar-refractivity contribution in [2.75, 3.05) is 13.1 Å². The summed E-state index contributed by atoms with van der Waals surface area (Å²) in [7, 11) is 0. The molecule has 0 aliphatic heterocycles. The highest BCUT2D eigenvalue weighted by Gasteiger charge is 2.13. The highest BCUT2D eigenvalue weighted by Crippen LogP contribution is 2.25. The Labute approximate surface area is 120 Å². The van der Waals surface area contributed by atoms with Crippen molar-refractivity contribution in [2.24, 2.45) is 11.8 Å². The Kier molecular flexibility index (Phi) is 6.95. The standard InChI is InChI=1S/C16H26BrN/c1-12(2)8-15(11-18-10-13(3)4)14-6-5-7-16(17)9-14/h5-7,9,12-13,15,18H,8,10-11H2,1-4H3. The van der Waals surface area contributed by atoms with Gasteiger partial charge in [-0.1, -0.05) is 55.8 Å². The summed E-state index contributed by atoms with van der Waals surface area (Å²) in [5, 5.41) is 3.59. The fourth-order valence-electron chi connectivity index (χ4n) is 2.21. The lowest BCUT2D eigenvalue weighted by atomic mass is 9.90. The minimum Gasteiger partial charge on any atom is -0.316 e. The summed E-state index contributed by atoms with van der Waals surface area (Å²) in [5.74, 6) is 2.06. The summed E-state index contributed by atoms with van der Waals surface area (Å²) in [6.45, 7) is 11.3. The first kappa shape index (κ1) is 15.7. The van der Waals surface area contributed by atoms with Gasteiger partial charge in [-0.3, -0.25) is 0 Å². The molecule has 0 fully saturated rings. The Morgan fingerprint density at radius 1 is 1.06 bits per heavy atom. The van der Waals surface area contributed by atoms with E-state index in [-0.39, 0.29) is 0 Å². The van der Waals surface area contributed by atoms with Gasteiger partial charge in [0.1, 0.15) is 0 Å². The Morgan fingerprint density at radius 3 is 2.33 bits per heavy atom. The van der Waals surface area contributed by atoms with Crippen molar-refractivity contribution in [3.63, 3.8) is 0 Å². The van der Waals surface area contributed by atoms with Gasteiger partial charge in [-0.05, 0) is 48.4 Å². The molecule has 1 N–H and O–H groups in total. The number of hydrogen-bond donors (Lipinski definition) is 1. The van der Waals surface area contributed by atoms with E-state index < -0.39 is 0 Å². The molecule has 1 atom stereocenters. The van der Waals surface area contributed by atoms with Crippen LogP contribution in [0.4, 0.5) is 0 Å². The maximum absolute atomic E-state index is 3.59. The van der Waals surface area contributed by atoms with Crippen molar-refractivity contribution in [3.05, 3.63) is 34.3 Å². The predicted octanol–water partition coefficient (Wildman–Crippen LogP) is 4.82. The SMILES string of the molecule is CC(C)CNCC(CC(C)C)c1cccc(Br)c1. The summed E-state index contributed by atoms with van der Waals surface area (Å²) in [5.41, 5.74) is 1.44. The molecule has 1 unspecified atom stereocenters. The van der Waals surface area contributed by atoms with Gasteiger partial charge in [0.25, 0.3) is 0 Å². The Bertz CT molecular complexity index is 347. The molecule has 18 heavy (non-hydrogen) atoms. The van der Waals surface area contributed by atoms with Crippen molar-refractivity contribution < 1.29 is 0 Å². The van der Waals surface area contributed by atoms with E-state index in [1.165, 1.54) is 16.5 Å². The zero-order valence-electron chi connectivity index (χ0n) is 12.0. The third-order valence-corrected chi connectivity index (χ3v) is 3.51. The summed E-state index contributed by atoms with van der Waals surface area (Å²) in [4.78, 5) is 0. The largest absolute Gasteiger partial charge is 0.316 e. The lowest BCUT2D eigenvalue weighted by molar-refractivity contribution is 0.452. The molecule has 0 saturated carbocycles. The molecule has 0 saturated heterocycles. The van der Waals surface area contributed by atoms with Crippen LogP contribution in [-0.4, -0.2) is 13.1 Å². The van der Waals surface area contributed by atoms with E-state index in [9.17, 15) is 0 Å². The average Bonchev–Trinajstić information content (AvgIpc) is 2.26. The molecule has 0 aliphatic rings. The van der Waals surface area contributed by atoms with Crippen molar-refractivity contribution in [3.8, 4) is 0 Å². The minimum absolute atomic E-state index is 0.612. The molecule has 0 heterocycles. The first-order valence-electron chi connectivity index (χ1n) is 6.95. The summed E-state index contributed by atoms with van der Waals surface area (Å²) < 4.78 is 1.18. The monoisotopic (exact) mass is 311 g/mol.